The lowest BCUT2D eigenvalue weighted by molar-refractivity contribution is 0.0643. The van der Waals surface area contributed by atoms with E-state index in [2.05, 4.69) is 41.6 Å². The highest BCUT2D eigenvalue weighted by Crippen LogP contribution is 2.34. The molecule has 0 saturated carbocycles. The van der Waals surface area contributed by atoms with Gasteiger partial charge in [0.25, 0.3) is 5.91 Å². The Morgan fingerprint density at radius 1 is 1.23 bits per heavy atom. The third-order valence-electron chi connectivity index (χ3n) is 5.93. The number of hydrogen-bond donors (Lipinski definition) is 1. The Bertz CT molecular complexity index is 750. The van der Waals surface area contributed by atoms with Crippen LogP contribution in [-0.4, -0.2) is 46.8 Å². The number of carbonyl (C=O) groups is 1. The largest absolute Gasteiger partial charge is 0.336 e. The van der Waals surface area contributed by atoms with Crippen LogP contribution in [0.1, 0.15) is 54.7 Å². The smallest absolute Gasteiger partial charge is 0.274 e. The molecular formula is C21H28N4O. The van der Waals surface area contributed by atoms with Gasteiger partial charge in [0.1, 0.15) is 5.69 Å². The molecule has 2 saturated heterocycles. The maximum atomic E-state index is 13.0. The molecule has 4 rings (SSSR count). The van der Waals surface area contributed by atoms with Crippen molar-refractivity contribution in [3.63, 3.8) is 0 Å². The Morgan fingerprint density at radius 2 is 2.08 bits per heavy atom. The van der Waals surface area contributed by atoms with Crippen LogP contribution in [0.5, 0.6) is 0 Å². The topological polar surface area (TPSA) is 50.2 Å². The Hall–Kier alpha value is -2.14. The average molecular weight is 352 g/mol. The monoisotopic (exact) mass is 352 g/mol. The van der Waals surface area contributed by atoms with Gasteiger partial charge < -0.3 is 10.2 Å². The molecule has 26 heavy (non-hydrogen) atoms. The number of benzene rings is 1. The van der Waals surface area contributed by atoms with E-state index in [4.69, 9.17) is 0 Å². The van der Waals surface area contributed by atoms with Crippen LogP contribution in [0.15, 0.2) is 42.6 Å². The maximum Gasteiger partial charge on any atom is 0.274 e. The molecule has 5 nitrogen and oxygen atoms in total. The first-order valence-electron chi connectivity index (χ1n) is 9.76. The fourth-order valence-corrected chi connectivity index (χ4v) is 4.37. The second kappa shape index (κ2) is 7.23. The zero-order chi connectivity index (χ0) is 18.0. The molecule has 2 aliphatic heterocycles. The highest BCUT2D eigenvalue weighted by atomic mass is 16.2. The molecule has 0 spiro atoms. The van der Waals surface area contributed by atoms with E-state index in [9.17, 15) is 4.79 Å². The summed E-state index contributed by atoms with van der Waals surface area (Å²) in [6.45, 7) is 5.86. The van der Waals surface area contributed by atoms with Crippen LogP contribution < -0.4 is 5.32 Å². The summed E-state index contributed by atoms with van der Waals surface area (Å²) in [4.78, 5) is 15.0. The van der Waals surface area contributed by atoms with Crippen molar-refractivity contribution in [2.24, 2.45) is 0 Å². The van der Waals surface area contributed by atoms with Crippen molar-refractivity contribution in [1.29, 1.82) is 0 Å². The van der Waals surface area contributed by atoms with Crippen LogP contribution in [-0.2, 0) is 5.41 Å². The fraction of sp³-hybridized carbons (Fsp3) is 0.524. The van der Waals surface area contributed by atoms with Crippen molar-refractivity contribution in [2.75, 3.05) is 26.2 Å². The highest BCUT2D eigenvalue weighted by Gasteiger charge is 2.35. The molecule has 2 aliphatic rings. The predicted molar refractivity (Wildman–Crippen MR) is 102 cm³/mol. The zero-order valence-electron chi connectivity index (χ0n) is 15.5. The number of nitrogens with zero attached hydrogens (tertiary/aromatic N) is 3. The molecule has 2 unspecified atom stereocenters. The van der Waals surface area contributed by atoms with Crippen LogP contribution in [0.2, 0.25) is 0 Å². The minimum atomic E-state index is 0.0189. The SMILES string of the molecule is CC1(c2ccccc2)CCCN(C(=O)c2ccn(C3CCCNC3)n2)C1. The van der Waals surface area contributed by atoms with E-state index in [1.165, 1.54) is 5.56 Å². The number of piperidine rings is 2. The molecule has 1 N–H and O–H groups in total. The third-order valence-corrected chi connectivity index (χ3v) is 5.93. The van der Waals surface area contributed by atoms with Gasteiger partial charge in [-0.25, -0.2) is 0 Å². The summed E-state index contributed by atoms with van der Waals surface area (Å²) in [5.74, 6) is 0.0642. The van der Waals surface area contributed by atoms with Crippen LogP contribution >= 0.6 is 0 Å². The molecule has 0 aliphatic carbocycles. The molecule has 2 aromatic rings. The second-order valence-corrected chi connectivity index (χ2v) is 7.94. The Morgan fingerprint density at radius 3 is 2.85 bits per heavy atom. The van der Waals surface area contributed by atoms with Crippen LogP contribution in [0.25, 0.3) is 0 Å². The molecule has 2 atom stereocenters. The van der Waals surface area contributed by atoms with Crippen molar-refractivity contribution in [3.05, 3.63) is 53.9 Å². The molecule has 1 aromatic heterocycles. The van der Waals surface area contributed by atoms with Crippen molar-refractivity contribution in [1.82, 2.24) is 20.0 Å². The van der Waals surface area contributed by atoms with Crippen LogP contribution in [0.3, 0.4) is 0 Å². The van der Waals surface area contributed by atoms with Gasteiger partial charge in [0, 0.05) is 31.2 Å². The number of carbonyl (C=O) groups excluding carboxylic acids is 1. The van der Waals surface area contributed by atoms with E-state index in [0.29, 0.717) is 11.7 Å². The molecular weight excluding hydrogens is 324 g/mol. The van der Waals surface area contributed by atoms with Gasteiger partial charge in [-0.2, -0.15) is 5.10 Å². The van der Waals surface area contributed by atoms with E-state index in [1.54, 1.807) is 0 Å². The summed E-state index contributed by atoms with van der Waals surface area (Å²) in [5, 5.41) is 8.02. The second-order valence-electron chi connectivity index (χ2n) is 7.94. The Kier molecular flexibility index (Phi) is 4.81. The van der Waals surface area contributed by atoms with Crippen molar-refractivity contribution in [3.8, 4) is 0 Å². The first kappa shape index (κ1) is 17.3. The van der Waals surface area contributed by atoms with Gasteiger partial charge in [-0.1, -0.05) is 37.3 Å². The predicted octanol–water partition coefficient (Wildman–Crippen LogP) is 3.00. The molecule has 0 bridgehead atoms. The van der Waals surface area contributed by atoms with E-state index >= 15 is 0 Å². The molecule has 3 heterocycles. The highest BCUT2D eigenvalue weighted by molar-refractivity contribution is 5.92. The van der Waals surface area contributed by atoms with Gasteiger partial charge in [-0.15, -0.1) is 0 Å². The number of amides is 1. The number of rotatable bonds is 3. The van der Waals surface area contributed by atoms with E-state index in [-0.39, 0.29) is 11.3 Å². The van der Waals surface area contributed by atoms with Gasteiger partial charge in [0.15, 0.2) is 0 Å². The normalized spacial score (nSPS) is 26.7. The standard InChI is InChI=1S/C21H28N4O/c1-21(17-7-3-2-4-8-17)11-6-13-24(16-21)20(26)19-10-14-25(23-19)18-9-5-12-22-15-18/h2-4,7-8,10,14,18,22H,5-6,9,11-13,15-16H2,1H3. The lowest BCUT2D eigenvalue weighted by Crippen LogP contribution is -2.47. The summed E-state index contributed by atoms with van der Waals surface area (Å²) in [6.07, 6.45) is 6.39. The lowest BCUT2D eigenvalue weighted by Gasteiger charge is -2.40. The van der Waals surface area contributed by atoms with E-state index in [1.807, 2.05) is 27.9 Å². The number of likely N-dealkylation sites (tertiary alicyclic amines) is 1. The molecule has 0 radical (unpaired) electrons. The van der Waals surface area contributed by atoms with Crippen molar-refractivity contribution in [2.45, 2.75) is 44.1 Å². The van der Waals surface area contributed by atoms with E-state index < -0.39 is 0 Å². The fourth-order valence-electron chi connectivity index (χ4n) is 4.37. The number of nitrogens with one attached hydrogen (secondary N) is 1. The van der Waals surface area contributed by atoms with Gasteiger partial charge in [-0.3, -0.25) is 9.48 Å². The number of aromatic nitrogens is 2. The van der Waals surface area contributed by atoms with Gasteiger partial charge in [-0.05, 0) is 43.9 Å². The van der Waals surface area contributed by atoms with Crippen molar-refractivity contribution < 1.29 is 4.79 Å². The minimum absolute atomic E-state index is 0.0189. The van der Waals surface area contributed by atoms with Crippen LogP contribution in [0, 0.1) is 0 Å². The molecule has 1 aromatic carbocycles. The lowest BCUT2D eigenvalue weighted by atomic mass is 9.76. The summed E-state index contributed by atoms with van der Waals surface area (Å²) in [5.41, 5.74) is 1.91. The third kappa shape index (κ3) is 3.40. The van der Waals surface area contributed by atoms with E-state index in [0.717, 1.165) is 51.9 Å². The summed E-state index contributed by atoms with van der Waals surface area (Å²) in [7, 11) is 0. The maximum absolute atomic E-state index is 13.0. The molecule has 2 fully saturated rings. The van der Waals surface area contributed by atoms with Gasteiger partial charge in [0.05, 0.1) is 6.04 Å². The summed E-state index contributed by atoms with van der Waals surface area (Å²) in [6, 6.07) is 12.8. The average Bonchev–Trinajstić information content (AvgIpc) is 3.19. The number of hydrogen-bond acceptors (Lipinski definition) is 3. The molecule has 5 heteroatoms. The first-order valence-corrected chi connectivity index (χ1v) is 9.76. The zero-order valence-corrected chi connectivity index (χ0v) is 15.5. The quantitative estimate of drug-likeness (QED) is 0.924. The van der Waals surface area contributed by atoms with Gasteiger partial charge >= 0.3 is 0 Å². The molecule has 138 valence electrons. The Labute approximate surface area is 155 Å². The van der Waals surface area contributed by atoms with Crippen molar-refractivity contribution >= 4 is 5.91 Å². The Balaban J connectivity index is 1.48. The molecule has 1 amide bonds. The summed E-state index contributed by atoms with van der Waals surface area (Å²) < 4.78 is 1.97. The minimum Gasteiger partial charge on any atom is -0.336 e. The van der Waals surface area contributed by atoms with Crippen LogP contribution in [0.4, 0.5) is 0 Å². The first-order chi connectivity index (χ1) is 12.7. The summed E-state index contributed by atoms with van der Waals surface area (Å²) >= 11 is 0. The van der Waals surface area contributed by atoms with Gasteiger partial charge in [0.2, 0.25) is 0 Å².